The van der Waals surface area contributed by atoms with Crippen LogP contribution in [0, 0.1) is 5.92 Å². The minimum atomic E-state index is -0.180. The van der Waals surface area contributed by atoms with Gasteiger partial charge in [-0.25, -0.2) is 9.99 Å². The number of aryl methyl sites for hydroxylation is 1. The number of amides is 2. The molecule has 2 amide bonds. The molecule has 4 heterocycles. The lowest BCUT2D eigenvalue weighted by atomic mass is 9.92. The molecule has 3 N–H and O–H groups in total. The fraction of sp³-hybridized carbons (Fsp3) is 0.321. The molecule has 0 spiro atoms. The van der Waals surface area contributed by atoms with Crippen molar-refractivity contribution in [2.24, 2.45) is 23.8 Å². The van der Waals surface area contributed by atoms with Crippen molar-refractivity contribution in [3.63, 3.8) is 0 Å². The van der Waals surface area contributed by atoms with E-state index in [1.807, 2.05) is 73.4 Å². The molecule has 1 atom stereocenters. The van der Waals surface area contributed by atoms with Crippen molar-refractivity contribution in [3.05, 3.63) is 83.6 Å². The number of nitrogens with one attached hydrogen (secondary N) is 1. The summed E-state index contributed by atoms with van der Waals surface area (Å²) in [6.45, 7) is 3.34. The number of carbonyl (C=O) groups excluding carboxylic acids is 2. The van der Waals surface area contributed by atoms with Gasteiger partial charge in [0.05, 0.1) is 11.4 Å². The van der Waals surface area contributed by atoms with Crippen LogP contribution >= 0.6 is 11.8 Å². The Hall–Kier alpha value is -3.96. The quantitative estimate of drug-likeness (QED) is 0.296. The van der Waals surface area contributed by atoms with E-state index in [2.05, 4.69) is 15.4 Å². The summed E-state index contributed by atoms with van der Waals surface area (Å²) < 4.78 is 3.70. The SMILES string of the molecule is CC1CC(=O)N(CCCN)N=C1c1cc(C(=O)NCc2ccn3ccnc3c2)ccc1SCc1ccn(C)n1. The number of fused-ring (bicyclic) bond motifs is 1. The number of nitrogens with zero attached hydrogens (tertiary/aromatic N) is 6. The molecule has 4 aromatic rings. The van der Waals surface area contributed by atoms with Gasteiger partial charge in [0.25, 0.3) is 5.91 Å². The zero-order valence-corrected chi connectivity index (χ0v) is 22.9. The maximum atomic E-state index is 13.2. The van der Waals surface area contributed by atoms with E-state index in [1.165, 1.54) is 5.01 Å². The molecule has 202 valence electrons. The Labute approximate surface area is 231 Å². The monoisotopic (exact) mass is 544 g/mol. The number of imidazole rings is 1. The zero-order chi connectivity index (χ0) is 27.4. The van der Waals surface area contributed by atoms with Gasteiger partial charge in [0, 0.05) is 79.0 Å². The van der Waals surface area contributed by atoms with Crippen molar-refractivity contribution < 1.29 is 9.59 Å². The van der Waals surface area contributed by atoms with E-state index in [1.54, 1.807) is 22.6 Å². The smallest absolute Gasteiger partial charge is 0.251 e. The molecular formula is C28H32N8O2S. The van der Waals surface area contributed by atoms with Gasteiger partial charge < -0.3 is 15.5 Å². The fourth-order valence-corrected chi connectivity index (χ4v) is 5.46. The molecule has 1 aliphatic rings. The first-order chi connectivity index (χ1) is 18.9. The molecule has 39 heavy (non-hydrogen) atoms. The summed E-state index contributed by atoms with van der Waals surface area (Å²) in [6.07, 6.45) is 8.50. The molecule has 0 fully saturated rings. The van der Waals surface area contributed by atoms with Crippen molar-refractivity contribution in [2.45, 2.75) is 37.0 Å². The second-order valence-corrected chi connectivity index (χ2v) is 10.7. The van der Waals surface area contributed by atoms with Crippen LogP contribution in [0.3, 0.4) is 0 Å². The third-order valence-corrected chi connectivity index (χ3v) is 7.72. The Morgan fingerprint density at radius 2 is 2.05 bits per heavy atom. The summed E-state index contributed by atoms with van der Waals surface area (Å²) in [6, 6.07) is 11.6. The normalized spacial score (nSPS) is 15.6. The van der Waals surface area contributed by atoms with E-state index in [-0.39, 0.29) is 17.7 Å². The average molecular weight is 545 g/mol. The lowest BCUT2D eigenvalue weighted by molar-refractivity contribution is -0.132. The van der Waals surface area contributed by atoms with E-state index in [9.17, 15) is 9.59 Å². The van der Waals surface area contributed by atoms with Gasteiger partial charge in [-0.3, -0.25) is 14.3 Å². The number of hydrazone groups is 1. The van der Waals surface area contributed by atoms with Gasteiger partial charge >= 0.3 is 0 Å². The van der Waals surface area contributed by atoms with Gasteiger partial charge in [-0.05, 0) is 54.9 Å². The van der Waals surface area contributed by atoms with Gasteiger partial charge in [0.1, 0.15) is 5.65 Å². The number of thioether (sulfide) groups is 1. The summed E-state index contributed by atoms with van der Waals surface area (Å²) in [5.41, 5.74) is 10.6. The third kappa shape index (κ3) is 6.21. The number of aromatic nitrogens is 4. The minimum Gasteiger partial charge on any atom is -0.348 e. The predicted octanol–water partition coefficient (Wildman–Crippen LogP) is 3.21. The Morgan fingerprint density at radius 1 is 1.18 bits per heavy atom. The molecule has 0 bridgehead atoms. The summed E-state index contributed by atoms with van der Waals surface area (Å²) in [5.74, 6) is 0.402. The molecule has 3 aromatic heterocycles. The summed E-state index contributed by atoms with van der Waals surface area (Å²) in [7, 11) is 1.89. The van der Waals surface area contributed by atoms with Crippen molar-refractivity contribution in [1.29, 1.82) is 0 Å². The number of hydrogen-bond donors (Lipinski definition) is 2. The standard InChI is InChI=1S/C28H32N8O2S/c1-19-14-26(37)36(10-3-8-29)33-27(19)23-16-21(4-5-24(23)39-18-22-7-11-34(2)32-22)28(38)31-17-20-6-12-35-13-9-30-25(35)15-20/h4-7,9,11-13,15-16,19H,3,8,10,14,17-18,29H2,1-2H3,(H,31,38). The van der Waals surface area contributed by atoms with Crippen LogP contribution in [0.2, 0.25) is 0 Å². The molecule has 0 saturated heterocycles. The summed E-state index contributed by atoms with van der Waals surface area (Å²) >= 11 is 1.64. The van der Waals surface area contributed by atoms with Crippen molar-refractivity contribution >= 4 is 34.9 Å². The van der Waals surface area contributed by atoms with E-state index in [0.29, 0.717) is 43.8 Å². The number of benzene rings is 1. The van der Waals surface area contributed by atoms with Gasteiger partial charge in [-0.1, -0.05) is 6.92 Å². The van der Waals surface area contributed by atoms with Crippen molar-refractivity contribution in [1.82, 2.24) is 29.5 Å². The second-order valence-electron chi connectivity index (χ2n) is 9.64. The van der Waals surface area contributed by atoms with Gasteiger partial charge in [0.2, 0.25) is 5.91 Å². The van der Waals surface area contributed by atoms with E-state index in [0.717, 1.165) is 33.1 Å². The highest BCUT2D eigenvalue weighted by Crippen LogP contribution is 2.31. The molecule has 10 nitrogen and oxygen atoms in total. The van der Waals surface area contributed by atoms with E-state index in [4.69, 9.17) is 10.8 Å². The first-order valence-electron chi connectivity index (χ1n) is 13.0. The molecule has 11 heteroatoms. The summed E-state index contributed by atoms with van der Waals surface area (Å²) in [5, 5.41) is 13.8. The third-order valence-electron chi connectivity index (χ3n) is 6.62. The van der Waals surface area contributed by atoms with Crippen LogP contribution in [0.5, 0.6) is 0 Å². The minimum absolute atomic E-state index is 0.00858. The Bertz CT molecular complexity index is 1520. The van der Waals surface area contributed by atoms with Crippen LogP contribution in [0.4, 0.5) is 0 Å². The van der Waals surface area contributed by atoms with Gasteiger partial charge in [-0.15, -0.1) is 11.8 Å². The molecular weight excluding hydrogens is 512 g/mol. The predicted molar refractivity (Wildman–Crippen MR) is 151 cm³/mol. The number of pyridine rings is 1. The molecule has 1 aliphatic heterocycles. The largest absolute Gasteiger partial charge is 0.348 e. The molecule has 1 unspecified atom stereocenters. The van der Waals surface area contributed by atoms with Crippen molar-refractivity contribution in [3.8, 4) is 0 Å². The highest BCUT2D eigenvalue weighted by atomic mass is 32.2. The molecule has 0 saturated carbocycles. The molecule has 5 rings (SSSR count). The molecule has 0 radical (unpaired) electrons. The number of rotatable bonds is 10. The summed E-state index contributed by atoms with van der Waals surface area (Å²) in [4.78, 5) is 31.2. The zero-order valence-electron chi connectivity index (χ0n) is 22.1. The maximum Gasteiger partial charge on any atom is 0.251 e. The molecule has 1 aromatic carbocycles. The average Bonchev–Trinajstić information content (AvgIpc) is 3.58. The fourth-order valence-electron chi connectivity index (χ4n) is 4.52. The Balaban J connectivity index is 1.41. The van der Waals surface area contributed by atoms with Crippen LogP contribution < -0.4 is 11.1 Å². The first kappa shape index (κ1) is 26.6. The highest BCUT2D eigenvalue weighted by Gasteiger charge is 2.29. The van der Waals surface area contributed by atoms with Crippen LogP contribution in [-0.2, 0) is 24.1 Å². The number of carbonyl (C=O) groups is 2. The second kappa shape index (κ2) is 11.8. The van der Waals surface area contributed by atoms with E-state index >= 15 is 0 Å². The van der Waals surface area contributed by atoms with Gasteiger partial charge in [0.15, 0.2) is 0 Å². The van der Waals surface area contributed by atoms with Crippen molar-refractivity contribution in [2.75, 3.05) is 13.1 Å². The van der Waals surface area contributed by atoms with Crippen LogP contribution in [0.1, 0.15) is 46.9 Å². The Morgan fingerprint density at radius 3 is 2.85 bits per heavy atom. The van der Waals surface area contributed by atoms with Crippen LogP contribution in [0.25, 0.3) is 5.65 Å². The van der Waals surface area contributed by atoms with Crippen LogP contribution in [0.15, 0.2) is 71.2 Å². The number of nitrogens with two attached hydrogens (primary N) is 1. The Kier molecular flexibility index (Phi) is 8.08. The maximum absolute atomic E-state index is 13.2. The number of hydrogen-bond acceptors (Lipinski definition) is 7. The lowest BCUT2D eigenvalue weighted by Crippen LogP contribution is -2.37. The lowest BCUT2D eigenvalue weighted by Gasteiger charge is -2.28. The highest BCUT2D eigenvalue weighted by molar-refractivity contribution is 7.98. The van der Waals surface area contributed by atoms with Gasteiger partial charge in [-0.2, -0.15) is 10.2 Å². The topological polar surface area (TPSA) is 123 Å². The van der Waals surface area contributed by atoms with E-state index < -0.39 is 0 Å². The van der Waals surface area contributed by atoms with Crippen LogP contribution in [-0.4, -0.2) is 54.8 Å². The first-order valence-corrected chi connectivity index (χ1v) is 13.9. The molecule has 0 aliphatic carbocycles.